The van der Waals surface area contributed by atoms with E-state index >= 15 is 0 Å². The summed E-state index contributed by atoms with van der Waals surface area (Å²) in [6.07, 6.45) is 4.02. The smallest absolute Gasteiger partial charge is 0.224 e. The summed E-state index contributed by atoms with van der Waals surface area (Å²) in [5.41, 5.74) is 0. The van der Waals surface area contributed by atoms with E-state index in [9.17, 15) is 0 Å². The van der Waals surface area contributed by atoms with E-state index in [0.29, 0.717) is 5.88 Å². The molecular formula is C16H19N3O. The minimum Gasteiger partial charge on any atom is -0.439 e. The van der Waals surface area contributed by atoms with Gasteiger partial charge in [0.1, 0.15) is 17.9 Å². The van der Waals surface area contributed by atoms with Crippen molar-refractivity contribution in [3.63, 3.8) is 0 Å². The van der Waals surface area contributed by atoms with Crippen LogP contribution in [0, 0.1) is 5.92 Å². The van der Waals surface area contributed by atoms with Gasteiger partial charge in [0.15, 0.2) is 0 Å². The molecule has 0 bridgehead atoms. The summed E-state index contributed by atoms with van der Waals surface area (Å²) >= 11 is 0. The number of hydrogen-bond donors (Lipinski definition) is 0. The fourth-order valence-corrected chi connectivity index (χ4v) is 2.41. The van der Waals surface area contributed by atoms with Gasteiger partial charge in [-0.1, -0.05) is 25.1 Å². The van der Waals surface area contributed by atoms with Gasteiger partial charge in [-0.2, -0.15) is 0 Å². The highest BCUT2D eigenvalue weighted by Gasteiger charge is 2.17. The highest BCUT2D eigenvalue weighted by molar-refractivity contribution is 5.42. The fraction of sp³-hybridized carbons (Fsp3) is 0.375. The second-order valence-corrected chi connectivity index (χ2v) is 5.30. The van der Waals surface area contributed by atoms with Crippen molar-refractivity contribution in [1.82, 2.24) is 9.97 Å². The van der Waals surface area contributed by atoms with Gasteiger partial charge >= 0.3 is 0 Å². The van der Waals surface area contributed by atoms with Crippen LogP contribution in [0.2, 0.25) is 0 Å². The lowest BCUT2D eigenvalue weighted by Gasteiger charge is -2.31. The van der Waals surface area contributed by atoms with Crippen molar-refractivity contribution in [1.29, 1.82) is 0 Å². The minimum absolute atomic E-state index is 0.597. The number of aromatic nitrogens is 2. The normalized spacial score (nSPS) is 16.1. The second-order valence-electron chi connectivity index (χ2n) is 5.30. The zero-order chi connectivity index (χ0) is 13.8. The molecule has 1 aromatic heterocycles. The Hall–Kier alpha value is -2.10. The van der Waals surface area contributed by atoms with Crippen molar-refractivity contribution in [2.45, 2.75) is 19.8 Å². The van der Waals surface area contributed by atoms with Gasteiger partial charge in [-0.3, -0.25) is 0 Å². The molecule has 0 saturated carbocycles. The SMILES string of the molecule is CC1CCN(c2cc(Oc3ccccc3)ncn2)CC1. The number of hydrogen-bond acceptors (Lipinski definition) is 4. The lowest BCUT2D eigenvalue weighted by Crippen LogP contribution is -2.33. The molecule has 1 fully saturated rings. The van der Waals surface area contributed by atoms with Crippen molar-refractivity contribution in [2.75, 3.05) is 18.0 Å². The molecule has 104 valence electrons. The minimum atomic E-state index is 0.597. The van der Waals surface area contributed by atoms with Crippen LogP contribution in [0.1, 0.15) is 19.8 Å². The highest BCUT2D eigenvalue weighted by atomic mass is 16.5. The van der Waals surface area contributed by atoms with Crippen LogP contribution in [0.5, 0.6) is 11.6 Å². The van der Waals surface area contributed by atoms with Crippen LogP contribution in [-0.4, -0.2) is 23.1 Å². The maximum Gasteiger partial charge on any atom is 0.224 e. The number of rotatable bonds is 3. The Morgan fingerprint density at radius 3 is 2.60 bits per heavy atom. The molecule has 20 heavy (non-hydrogen) atoms. The van der Waals surface area contributed by atoms with Gasteiger partial charge in [-0.15, -0.1) is 0 Å². The van der Waals surface area contributed by atoms with Gasteiger partial charge in [0.25, 0.3) is 0 Å². The van der Waals surface area contributed by atoms with Crippen LogP contribution in [-0.2, 0) is 0 Å². The quantitative estimate of drug-likeness (QED) is 0.854. The van der Waals surface area contributed by atoms with E-state index in [0.717, 1.165) is 30.6 Å². The third kappa shape index (κ3) is 3.07. The summed E-state index contributed by atoms with van der Waals surface area (Å²) in [5.74, 6) is 3.16. The molecule has 4 heteroatoms. The first-order chi connectivity index (χ1) is 9.81. The standard InChI is InChI=1S/C16H19N3O/c1-13-7-9-19(10-8-13)15-11-16(18-12-17-15)20-14-5-3-2-4-6-14/h2-6,11-13H,7-10H2,1H3. The third-order valence-corrected chi connectivity index (χ3v) is 3.70. The number of ether oxygens (including phenoxy) is 1. The summed E-state index contributed by atoms with van der Waals surface area (Å²) in [6, 6.07) is 11.6. The van der Waals surface area contributed by atoms with E-state index in [2.05, 4.69) is 21.8 Å². The molecule has 0 aliphatic carbocycles. The van der Waals surface area contributed by atoms with E-state index in [1.807, 2.05) is 36.4 Å². The van der Waals surface area contributed by atoms with Gasteiger partial charge in [0.05, 0.1) is 0 Å². The van der Waals surface area contributed by atoms with E-state index in [1.54, 1.807) is 6.33 Å². The predicted octanol–water partition coefficient (Wildman–Crippen LogP) is 3.51. The third-order valence-electron chi connectivity index (χ3n) is 3.70. The van der Waals surface area contributed by atoms with Gasteiger partial charge < -0.3 is 9.64 Å². The average molecular weight is 269 g/mol. The molecule has 0 amide bonds. The average Bonchev–Trinajstić information content (AvgIpc) is 2.49. The highest BCUT2D eigenvalue weighted by Crippen LogP contribution is 2.25. The maximum atomic E-state index is 5.75. The van der Waals surface area contributed by atoms with E-state index in [1.165, 1.54) is 12.8 Å². The first-order valence-electron chi connectivity index (χ1n) is 7.11. The van der Waals surface area contributed by atoms with Crippen LogP contribution in [0.4, 0.5) is 5.82 Å². The molecule has 0 atom stereocenters. The zero-order valence-electron chi connectivity index (χ0n) is 11.7. The number of piperidine rings is 1. The number of para-hydroxylation sites is 1. The van der Waals surface area contributed by atoms with Crippen LogP contribution in [0.15, 0.2) is 42.7 Å². The summed E-state index contributed by atoms with van der Waals surface area (Å²) in [6.45, 7) is 4.42. The molecule has 2 aromatic rings. The van der Waals surface area contributed by atoms with Gasteiger partial charge in [-0.25, -0.2) is 9.97 Å². The molecule has 4 nitrogen and oxygen atoms in total. The largest absolute Gasteiger partial charge is 0.439 e. The molecule has 0 spiro atoms. The second kappa shape index (κ2) is 5.90. The molecular weight excluding hydrogens is 250 g/mol. The first kappa shape index (κ1) is 12.9. The Bertz CT molecular complexity index is 551. The van der Waals surface area contributed by atoms with Crippen molar-refractivity contribution in [2.24, 2.45) is 5.92 Å². The molecule has 1 aliphatic heterocycles. The zero-order valence-corrected chi connectivity index (χ0v) is 11.7. The molecule has 0 unspecified atom stereocenters. The Kier molecular flexibility index (Phi) is 3.81. The lowest BCUT2D eigenvalue weighted by atomic mass is 9.99. The number of nitrogens with zero attached hydrogens (tertiary/aromatic N) is 3. The van der Waals surface area contributed by atoms with Crippen LogP contribution in [0.3, 0.4) is 0 Å². The van der Waals surface area contributed by atoms with Crippen LogP contribution < -0.4 is 9.64 Å². The van der Waals surface area contributed by atoms with E-state index < -0.39 is 0 Å². The molecule has 1 aromatic carbocycles. The lowest BCUT2D eigenvalue weighted by molar-refractivity contribution is 0.433. The Morgan fingerprint density at radius 2 is 1.85 bits per heavy atom. The number of anilines is 1. The van der Waals surface area contributed by atoms with Crippen molar-refractivity contribution in [3.05, 3.63) is 42.7 Å². The first-order valence-corrected chi connectivity index (χ1v) is 7.11. The molecule has 0 N–H and O–H groups in total. The van der Waals surface area contributed by atoms with Gasteiger partial charge in [0, 0.05) is 19.2 Å². The Balaban J connectivity index is 1.73. The predicted molar refractivity (Wildman–Crippen MR) is 79.2 cm³/mol. The molecule has 0 radical (unpaired) electrons. The van der Waals surface area contributed by atoms with E-state index in [4.69, 9.17) is 4.74 Å². The molecule has 1 aliphatic rings. The summed E-state index contributed by atoms with van der Waals surface area (Å²) in [5, 5.41) is 0. The molecule has 2 heterocycles. The number of benzene rings is 1. The van der Waals surface area contributed by atoms with Gasteiger partial charge in [0.2, 0.25) is 5.88 Å². The molecule has 3 rings (SSSR count). The molecule has 1 saturated heterocycles. The Labute approximate surface area is 119 Å². The van der Waals surface area contributed by atoms with Crippen molar-refractivity contribution < 1.29 is 4.74 Å². The summed E-state index contributed by atoms with van der Waals surface area (Å²) in [4.78, 5) is 10.9. The Morgan fingerprint density at radius 1 is 1.10 bits per heavy atom. The summed E-state index contributed by atoms with van der Waals surface area (Å²) in [7, 11) is 0. The van der Waals surface area contributed by atoms with Crippen molar-refractivity contribution in [3.8, 4) is 11.6 Å². The van der Waals surface area contributed by atoms with Crippen molar-refractivity contribution >= 4 is 5.82 Å². The summed E-state index contributed by atoms with van der Waals surface area (Å²) < 4.78 is 5.75. The monoisotopic (exact) mass is 269 g/mol. The van der Waals surface area contributed by atoms with Gasteiger partial charge in [-0.05, 0) is 30.9 Å². The van der Waals surface area contributed by atoms with Crippen LogP contribution >= 0.6 is 0 Å². The van der Waals surface area contributed by atoms with Crippen LogP contribution in [0.25, 0.3) is 0 Å². The maximum absolute atomic E-state index is 5.75. The fourth-order valence-electron chi connectivity index (χ4n) is 2.41. The topological polar surface area (TPSA) is 38.2 Å². The van der Waals surface area contributed by atoms with E-state index in [-0.39, 0.29) is 0 Å².